The number of carbonyl (C=O) groups is 1. The molecule has 0 atom stereocenters. The zero-order valence-corrected chi connectivity index (χ0v) is 18.4. The van der Waals surface area contributed by atoms with Crippen LogP contribution in [0.3, 0.4) is 0 Å². The number of nitriles is 1. The number of carbonyl (C=O) groups excluding carboxylic acids is 1. The average molecular weight is 441 g/mol. The summed E-state index contributed by atoms with van der Waals surface area (Å²) in [5, 5.41) is 12.4. The molecule has 2 aliphatic heterocycles. The number of pyridine rings is 2. The fourth-order valence-corrected chi connectivity index (χ4v) is 4.52. The Balaban J connectivity index is 1.40. The van der Waals surface area contributed by atoms with Gasteiger partial charge in [0.2, 0.25) is 5.91 Å². The number of anilines is 3. The summed E-state index contributed by atoms with van der Waals surface area (Å²) in [6.07, 6.45) is 7.08. The maximum Gasteiger partial charge on any atom is 0.219 e. The van der Waals surface area contributed by atoms with Gasteiger partial charge in [-0.25, -0.2) is 15.0 Å². The molecule has 0 saturated carbocycles. The highest BCUT2D eigenvalue weighted by Crippen LogP contribution is 2.42. The van der Waals surface area contributed by atoms with Crippen molar-refractivity contribution in [2.24, 2.45) is 5.41 Å². The van der Waals surface area contributed by atoms with Crippen LogP contribution in [-0.4, -0.2) is 56.9 Å². The van der Waals surface area contributed by atoms with Crippen LogP contribution in [0.1, 0.15) is 25.3 Å². The topological polar surface area (TPSA) is 111 Å². The Kier molecular flexibility index (Phi) is 5.34. The molecule has 0 unspecified atom stereocenters. The minimum atomic E-state index is 0.155. The second kappa shape index (κ2) is 8.47. The van der Waals surface area contributed by atoms with Gasteiger partial charge in [-0.15, -0.1) is 0 Å². The number of hydrogen-bond donors (Lipinski definition) is 1. The standard InChI is InChI=1S/C24H24N8O/c1-17(33)31-9-5-24(6-10-31)15-32(16-24)22-12-21(28-20-11-18(13-25)4-8-27-20)29-23(30-22)19-3-2-7-26-14-19/h2-4,7-8,11-12,14H,5-6,9-10,15-16H2,1H3,(H,27,28,29,30). The van der Waals surface area contributed by atoms with Crippen molar-refractivity contribution >= 4 is 23.4 Å². The predicted octanol–water partition coefficient (Wildman–Crippen LogP) is 3.00. The summed E-state index contributed by atoms with van der Waals surface area (Å²) >= 11 is 0. The second-order valence-electron chi connectivity index (χ2n) is 8.71. The van der Waals surface area contributed by atoms with Gasteiger partial charge in [0.25, 0.3) is 0 Å². The average Bonchev–Trinajstić information content (AvgIpc) is 2.83. The lowest BCUT2D eigenvalue weighted by Crippen LogP contribution is -2.61. The molecule has 0 bridgehead atoms. The second-order valence-corrected chi connectivity index (χ2v) is 8.71. The first kappa shape index (κ1) is 20.8. The number of nitrogens with zero attached hydrogens (tertiary/aromatic N) is 7. The predicted molar refractivity (Wildman–Crippen MR) is 124 cm³/mol. The molecule has 1 amide bonds. The highest BCUT2D eigenvalue weighted by Gasteiger charge is 2.45. The van der Waals surface area contributed by atoms with E-state index in [2.05, 4.69) is 31.2 Å². The lowest BCUT2D eigenvalue weighted by atomic mass is 9.72. The van der Waals surface area contributed by atoms with Gasteiger partial charge in [0.15, 0.2) is 5.82 Å². The zero-order valence-electron chi connectivity index (χ0n) is 18.4. The Bertz CT molecular complexity index is 1210. The van der Waals surface area contributed by atoms with E-state index in [-0.39, 0.29) is 11.3 Å². The van der Waals surface area contributed by atoms with Crippen LogP contribution in [0.4, 0.5) is 17.5 Å². The molecule has 2 saturated heterocycles. The van der Waals surface area contributed by atoms with Crippen molar-refractivity contribution in [1.82, 2.24) is 24.8 Å². The molecule has 0 aromatic carbocycles. The van der Waals surface area contributed by atoms with E-state index in [0.717, 1.165) is 50.4 Å². The van der Waals surface area contributed by atoms with E-state index < -0.39 is 0 Å². The van der Waals surface area contributed by atoms with Crippen LogP contribution in [0, 0.1) is 16.7 Å². The van der Waals surface area contributed by atoms with Crippen LogP contribution >= 0.6 is 0 Å². The molecule has 1 spiro atoms. The van der Waals surface area contributed by atoms with Crippen molar-refractivity contribution in [3.8, 4) is 17.5 Å². The Morgan fingerprint density at radius 1 is 1.12 bits per heavy atom. The summed E-state index contributed by atoms with van der Waals surface area (Å²) in [6, 6.07) is 11.2. The van der Waals surface area contributed by atoms with Gasteiger partial charge in [0.05, 0.1) is 11.6 Å². The minimum absolute atomic E-state index is 0.155. The molecule has 9 nitrogen and oxygen atoms in total. The molecular weight excluding hydrogens is 416 g/mol. The first-order chi connectivity index (χ1) is 16.0. The van der Waals surface area contributed by atoms with Crippen LogP contribution in [0.15, 0.2) is 48.9 Å². The highest BCUT2D eigenvalue weighted by atomic mass is 16.2. The molecule has 0 radical (unpaired) electrons. The third kappa shape index (κ3) is 4.32. The number of amides is 1. The van der Waals surface area contributed by atoms with Crippen molar-refractivity contribution in [2.75, 3.05) is 36.4 Å². The van der Waals surface area contributed by atoms with Gasteiger partial charge in [-0.1, -0.05) is 0 Å². The summed E-state index contributed by atoms with van der Waals surface area (Å²) in [7, 11) is 0. The van der Waals surface area contributed by atoms with Crippen molar-refractivity contribution in [3.63, 3.8) is 0 Å². The molecule has 5 heterocycles. The van der Waals surface area contributed by atoms with Crippen molar-refractivity contribution in [2.45, 2.75) is 19.8 Å². The summed E-state index contributed by atoms with van der Waals surface area (Å²) < 4.78 is 0. The van der Waals surface area contributed by atoms with Crippen molar-refractivity contribution in [1.29, 1.82) is 5.26 Å². The smallest absolute Gasteiger partial charge is 0.219 e. The van der Waals surface area contributed by atoms with E-state index in [4.69, 9.17) is 4.98 Å². The van der Waals surface area contributed by atoms with Crippen LogP contribution < -0.4 is 10.2 Å². The number of likely N-dealkylation sites (tertiary alicyclic amines) is 1. The largest absolute Gasteiger partial charge is 0.355 e. The number of aromatic nitrogens is 4. The molecule has 5 rings (SSSR count). The lowest BCUT2D eigenvalue weighted by molar-refractivity contribution is -0.131. The third-order valence-electron chi connectivity index (χ3n) is 6.42. The van der Waals surface area contributed by atoms with Gasteiger partial charge in [0.1, 0.15) is 17.5 Å². The SMILES string of the molecule is CC(=O)N1CCC2(CC1)CN(c1cc(Nc3cc(C#N)ccn3)nc(-c3cccnc3)n1)C2. The molecule has 33 heavy (non-hydrogen) atoms. The molecule has 3 aromatic rings. The first-order valence-corrected chi connectivity index (χ1v) is 11.0. The molecule has 2 fully saturated rings. The van der Waals surface area contributed by atoms with Crippen molar-refractivity contribution in [3.05, 3.63) is 54.5 Å². The summed E-state index contributed by atoms with van der Waals surface area (Å²) in [4.78, 5) is 33.9. The molecule has 2 aliphatic rings. The van der Waals surface area contributed by atoms with Gasteiger partial charge in [0, 0.05) is 68.7 Å². The van der Waals surface area contributed by atoms with E-state index in [1.165, 1.54) is 0 Å². The van der Waals surface area contributed by atoms with Gasteiger partial charge in [-0.3, -0.25) is 9.78 Å². The quantitative estimate of drug-likeness (QED) is 0.659. The maximum absolute atomic E-state index is 11.7. The molecule has 3 aromatic heterocycles. The molecule has 1 N–H and O–H groups in total. The molecule has 166 valence electrons. The van der Waals surface area contributed by atoms with Gasteiger partial charge < -0.3 is 15.1 Å². The Morgan fingerprint density at radius 2 is 1.94 bits per heavy atom. The summed E-state index contributed by atoms with van der Waals surface area (Å²) in [6.45, 7) is 5.10. The lowest BCUT2D eigenvalue weighted by Gasteiger charge is -2.54. The molecule has 9 heteroatoms. The Hall–Kier alpha value is -4.06. The third-order valence-corrected chi connectivity index (χ3v) is 6.42. The summed E-state index contributed by atoms with van der Waals surface area (Å²) in [5.74, 6) is 2.72. The number of hydrogen-bond acceptors (Lipinski definition) is 8. The normalized spacial score (nSPS) is 16.7. The van der Waals surface area contributed by atoms with E-state index in [1.54, 1.807) is 37.6 Å². The highest BCUT2D eigenvalue weighted by molar-refractivity contribution is 5.73. The van der Waals surface area contributed by atoms with E-state index in [9.17, 15) is 10.1 Å². The van der Waals surface area contributed by atoms with Crippen molar-refractivity contribution < 1.29 is 4.79 Å². The molecular formula is C24H24N8O. The van der Waals surface area contributed by atoms with Crippen LogP contribution in [-0.2, 0) is 4.79 Å². The summed E-state index contributed by atoms with van der Waals surface area (Å²) in [5.41, 5.74) is 1.59. The number of rotatable bonds is 4. The van der Waals surface area contributed by atoms with Gasteiger partial charge in [-0.05, 0) is 37.1 Å². The van der Waals surface area contributed by atoms with E-state index in [0.29, 0.717) is 23.0 Å². The fraction of sp³-hybridized carbons (Fsp3) is 0.333. The Labute approximate surface area is 192 Å². The van der Waals surface area contributed by atoms with E-state index >= 15 is 0 Å². The van der Waals surface area contributed by atoms with Gasteiger partial charge >= 0.3 is 0 Å². The molecule has 0 aliphatic carbocycles. The maximum atomic E-state index is 11.7. The number of nitrogens with one attached hydrogen (secondary N) is 1. The first-order valence-electron chi connectivity index (χ1n) is 11.0. The van der Waals surface area contributed by atoms with E-state index in [1.807, 2.05) is 23.1 Å². The van der Waals surface area contributed by atoms with Crippen LogP contribution in [0.5, 0.6) is 0 Å². The minimum Gasteiger partial charge on any atom is -0.355 e. The fourth-order valence-electron chi connectivity index (χ4n) is 4.52. The Morgan fingerprint density at radius 3 is 2.64 bits per heavy atom. The van der Waals surface area contributed by atoms with Gasteiger partial charge in [-0.2, -0.15) is 5.26 Å². The zero-order chi connectivity index (χ0) is 22.8. The van der Waals surface area contributed by atoms with Crippen LogP contribution in [0.25, 0.3) is 11.4 Å². The monoisotopic (exact) mass is 440 g/mol. The van der Waals surface area contributed by atoms with Crippen LogP contribution in [0.2, 0.25) is 0 Å². The number of piperidine rings is 1.